The number of phenols is 1. The molecular formula is C33H40N4O5. The van der Waals surface area contributed by atoms with Crippen LogP contribution in [0, 0.1) is 26.7 Å². The number of hydrogen-bond acceptors (Lipinski definition) is 7. The lowest BCUT2D eigenvalue weighted by Crippen LogP contribution is -2.28. The monoisotopic (exact) mass is 572 g/mol. The van der Waals surface area contributed by atoms with Gasteiger partial charge in [-0.15, -0.1) is 10.2 Å². The molecule has 0 bridgehead atoms. The molecule has 2 aromatic carbocycles. The number of azo groups is 1. The van der Waals surface area contributed by atoms with Gasteiger partial charge in [0.05, 0.1) is 11.6 Å². The van der Waals surface area contributed by atoms with E-state index in [1.54, 1.807) is 25.1 Å². The second kappa shape index (κ2) is 12.1. The Morgan fingerprint density at radius 2 is 1.79 bits per heavy atom. The van der Waals surface area contributed by atoms with E-state index in [1.165, 1.54) is 4.57 Å². The normalized spacial score (nSPS) is 19.1. The largest absolute Gasteiger partial charge is 0.505 e. The lowest BCUT2D eigenvalue weighted by molar-refractivity contribution is -0.143. The van der Waals surface area contributed by atoms with Crippen LogP contribution in [0.3, 0.4) is 0 Å². The number of hydrogen-bond donors (Lipinski definition) is 3. The van der Waals surface area contributed by atoms with Crippen LogP contribution in [-0.2, 0) is 11.3 Å². The van der Waals surface area contributed by atoms with Crippen molar-refractivity contribution < 1.29 is 20.1 Å². The van der Waals surface area contributed by atoms with E-state index in [4.69, 9.17) is 0 Å². The van der Waals surface area contributed by atoms with Gasteiger partial charge in [0.15, 0.2) is 5.69 Å². The SMILES string of the molecule is CCN(Cc1c(C)c(N=Nc2cccc(C3CCCC(C(=O)O)C3)c2O)c(=O)n(-c2ccc(C)c(C)c2)c1O)C1CC1. The van der Waals surface area contributed by atoms with Crippen LogP contribution >= 0.6 is 0 Å². The quantitative estimate of drug-likeness (QED) is 0.239. The van der Waals surface area contributed by atoms with Crippen molar-refractivity contribution in [2.75, 3.05) is 6.54 Å². The molecule has 2 unspecified atom stereocenters. The maximum atomic E-state index is 13.9. The Morgan fingerprint density at radius 3 is 2.45 bits per heavy atom. The van der Waals surface area contributed by atoms with Crippen molar-refractivity contribution in [1.82, 2.24) is 9.47 Å². The minimum absolute atomic E-state index is 0.0469. The summed E-state index contributed by atoms with van der Waals surface area (Å²) >= 11 is 0. The number of benzene rings is 2. The Morgan fingerprint density at radius 1 is 1.02 bits per heavy atom. The Hall–Kier alpha value is -3.98. The van der Waals surface area contributed by atoms with Crippen molar-refractivity contribution in [3.8, 4) is 17.3 Å². The molecule has 2 aliphatic carbocycles. The molecule has 0 aliphatic heterocycles. The summed E-state index contributed by atoms with van der Waals surface area (Å²) in [6, 6.07) is 11.3. The molecule has 42 heavy (non-hydrogen) atoms. The molecule has 0 spiro atoms. The maximum Gasteiger partial charge on any atom is 0.306 e. The molecule has 3 N–H and O–H groups in total. The summed E-state index contributed by atoms with van der Waals surface area (Å²) in [5, 5.41) is 40.9. The van der Waals surface area contributed by atoms with Crippen molar-refractivity contribution >= 4 is 17.3 Å². The van der Waals surface area contributed by atoms with E-state index in [-0.39, 0.29) is 28.9 Å². The molecule has 9 heteroatoms. The number of aromatic hydroxyl groups is 2. The Balaban J connectivity index is 1.58. The van der Waals surface area contributed by atoms with E-state index in [0.717, 1.165) is 43.4 Å². The smallest absolute Gasteiger partial charge is 0.306 e. The van der Waals surface area contributed by atoms with Crippen LogP contribution < -0.4 is 5.56 Å². The molecule has 0 amide bonds. The highest BCUT2D eigenvalue weighted by Gasteiger charge is 2.31. The molecule has 5 rings (SSSR count). The van der Waals surface area contributed by atoms with Crippen molar-refractivity contribution in [3.05, 3.63) is 74.6 Å². The number of nitrogens with zero attached hydrogens (tertiary/aromatic N) is 4. The van der Waals surface area contributed by atoms with Crippen molar-refractivity contribution in [1.29, 1.82) is 0 Å². The fourth-order valence-electron chi connectivity index (χ4n) is 6.12. The topological polar surface area (TPSA) is 128 Å². The average molecular weight is 573 g/mol. The first-order valence-corrected chi connectivity index (χ1v) is 14.9. The Bertz CT molecular complexity index is 1590. The van der Waals surface area contributed by atoms with Gasteiger partial charge >= 0.3 is 5.97 Å². The molecular weight excluding hydrogens is 532 g/mol. The summed E-state index contributed by atoms with van der Waals surface area (Å²) < 4.78 is 1.30. The highest BCUT2D eigenvalue weighted by molar-refractivity contribution is 5.70. The van der Waals surface area contributed by atoms with E-state index >= 15 is 0 Å². The van der Waals surface area contributed by atoms with Crippen LogP contribution in [0.4, 0.5) is 11.4 Å². The number of aromatic nitrogens is 1. The molecule has 9 nitrogen and oxygen atoms in total. The van der Waals surface area contributed by atoms with Gasteiger partial charge in [-0.25, -0.2) is 4.57 Å². The molecule has 0 saturated heterocycles. The van der Waals surface area contributed by atoms with Gasteiger partial charge in [-0.05, 0) is 106 Å². The van der Waals surface area contributed by atoms with Gasteiger partial charge in [-0.1, -0.05) is 31.5 Å². The number of carboxylic acid groups (broad SMARTS) is 1. The van der Waals surface area contributed by atoms with Crippen molar-refractivity contribution in [2.24, 2.45) is 16.1 Å². The third-order valence-electron chi connectivity index (χ3n) is 9.04. The summed E-state index contributed by atoms with van der Waals surface area (Å²) in [6.45, 7) is 9.11. The molecule has 2 saturated carbocycles. The first-order chi connectivity index (χ1) is 20.1. The van der Waals surface area contributed by atoms with Gasteiger partial charge in [0.2, 0.25) is 5.88 Å². The summed E-state index contributed by atoms with van der Waals surface area (Å²) in [4.78, 5) is 27.8. The zero-order valence-corrected chi connectivity index (χ0v) is 24.8. The van der Waals surface area contributed by atoms with Gasteiger partial charge in [0, 0.05) is 18.2 Å². The van der Waals surface area contributed by atoms with E-state index in [9.17, 15) is 24.9 Å². The van der Waals surface area contributed by atoms with E-state index in [0.29, 0.717) is 47.8 Å². The number of para-hydroxylation sites is 1. The maximum absolute atomic E-state index is 13.9. The summed E-state index contributed by atoms with van der Waals surface area (Å²) in [6.07, 6.45) is 4.88. The minimum Gasteiger partial charge on any atom is -0.505 e. The number of aryl methyl sites for hydroxylation is 2. The van der Waals surface area contributed by atoms with Crippen LogP contribution in [0.5, 0.6) is 11.6 Å². The molecule has 222 valence electrons. The average Bonchev–Trinajstić information content (AvgIpc) is 3.81. The van der Waals surface area contributed by atoms with Gasteiger partial charge in [-0.2, -0.15) is 0 Å². The van der Waals surface area contributed by atoms with Gasteiger partial charge in [-0.3, -0.25) is 14.5 Å². The Kier molecular flexibility index (Phi) is 8.50. The molecule has 2 fully saturated rings. The van der Waals surface area contributed by atoms with Gasteiger partial charge in [0.25, 0.3) is 5.56 Å². The zero-order valence-electron chi connectivity index (χ0n) is 24.8. The first kappa shape index (κ1) is 29.5. The van der Waals surface area contributed by atoms with Crippen molar-refractivity contribution in [2.45, 2.75) is 84.7 Å². The highest BCUT2D eigenvalue weighted by atomic mass is 16.4. The lowest BCUT2D eigenvalue weighted by atomic mass is 9.77. The molecule has 1 aromatic heterocycles. The second-order valence-corrected chi connectivity index (χ2v) is 11.8. The third-order valence-corrected chi connectivity index (χ3v) is 9.04. The number of phenolic OH excluding ortho intramolecular Hbond substituents is 1. The number of rotatable bonds is 9. The standard InChI is InChI=1S/C33H40N4O5/c1-5-36(24-14-15-24)18-27-21(4)29(32(40)37(31(27)39)25-13-12-19(2)20(3)16-25)35-34-28-11-7-10-26(30(28)38)22-8-6-9-23(17-22)33(41)42/h7,10-13,16,22-24,38-39H,5-6,8-9,14-15,17-18H2,1-4H3,(H,41,42). The lowest BCUT2D eigenvalue weighted by Gasteiger charge is -2.27. The summed E-state index contributed by atoms with van der Waals surface area (Å²) in [7, 11) is 0. The molecule has 2 aliphatic rings. The zero-order chi connectivity index (χ0) is 30.1. The number of aliphatic carboxylic acids is 1. The molecule has 0 radical (unpaired) electrons. The van der Waals surface area contributed by atoms with Gasteiger partial charge in [0.1, 0.15) is 11.4 Å². The van der Waals surface area contributed by atoms with Crippen LogP contribution in [-0.4, -0.2) is 43.3 Å². The van der Waals surface area contributed by atoms with Gasteiger partial charge < -0.3 is 15.3 Å². The van der Waals surface area contributed by atoms with E-state index < -0.39 is 17.4 Å². The second-order valence-electron chi connectivity index (χ2n) is 11.8. The number of pyridine rings is 1. The minimum atomic E-state index is -0.808. The first-order valence-electron chi connectivity index (χ1n) is 14.9. The predicted molar refractivity (Wildman–Crippen MR) is 162 cm³/mol. The molecule has 3 aromatic rings. The number of carboxylic acids is 1. The van der Waals surface area contributed by atoms with Crippen molar-refractivity contribution in [3.63, 3.8) is 0 Å². The number of carbonyl (C=O) groups is 1. The van der Waals surface area contributed by atoms with E-state index in [2.05, 4.69) is 22.1 Å². The fraction of sp³-hybridized carbons (Fsp3) is 0.455. The highest BCUT2D eigenvalue weighted by Crippen LogP contribution is 2.43. The molecule has 1 heterocycles. The Labute approximate surface area is 246 Å². The predicted octanol–water partition coefficient (Wildman–Crippen LogP) is 6.93. The van der Waals surface area contributed by atoms with Crippen LogP contribution in [0.15, 0.2) is 51.4 Å². The fourth-order valence-corrected chi connectivity index (χ4v) is 6.12. The summed E-state index contributed by atoms with van der Waals surface area (Å²) in [5.74, 6) is -1.49. The molecule has 2 atom stereocenters. The third kappa shape index (κ3) is 5.83. The van der Waals surface area contributed by atoms with Crippen LogP contribution in [0.25, 0.3) is 5.69 Å². The van der Waals surface area contributed by atoms with Crippen LogP contribution in [0.1, 0.15) is 79.2 Å². The van der Waals surface area contributed by atoms with E-state index in [1.807, 2.05) is 32.0 Å². The van der Waals surface area contributed by atoms with Crippen LogP contribution in [0.2, 0.25) is 0 Å². The summed E-state index contributed by atoms with van der Waals surface area (Å²) in [5.41, 5.74) is 4.24.